The maximum atomic E-state index is 12.4. The summed E-state index contributed by atoms with van der Waals surface area (Å²) < 4.78 is 2.60. The number of hydrogen-bond acceptors (Lipinski definition) is 4. The van der Waals surface area contributed by atoms with Crippen molar-refractivity contribution in [3.05, 3.63) is 38.4 Å². The highest BCUT2D eigenvalue weighted by molar-refractivity contribution is 9.10. The Morgan fingerprint density at radius 2 is 2.43 bits per heavy atom. The zero-order valence-corrected chi connectivity index (χ0v) is 13.8. The molecule has 3 rings (SSSR count). The quantitative estimate of drug-likeness (QED) is 0.860. The summed E-state index contributed by atoms with van der Waals surface area (Å²) in [6, 6.07) is 3.99. The lowest BCUT2D eigenvalue weighted by Gasteiger charge is -2.11. The number of carbonyl (C=O) groups is 1. The molecule has 0 saturated heterocycles. The third-order valence-corrected chi connectivity index (χ3v) is 5.05. The van der Waals surface area contributed by atoms with Crippen LogP contribution in [0.4, 0.5) is 5.00 Å². The van der Waals surface area contributed by atoms with Gasteiger partial charge in [-0.1, -0.05) is 0 Å². The topological polar surface area (TPSA) is 69.8 Å². The Bertz CT molecular complexity index is 756. The van der Waals surface area contributed by atoms with Gasteiger partial charge in [-0.2, -0.15) is 5.26 Å². The summed E-state index contributed by atoms with van der Waals surface area (Å²) in [7, 11) is 1.81. The molecular weight excluding hydrogens is 352 g/mol. The molecule has 0 radical (unpaired) electrons. The summed E-state index contributed by atoms with van der Waals surface area (Å²) in [5.74, 6) is -0.203. The number of aromatic nitrogens is 1. The first-order chi connectivity index (χ1) is 10.1. The van der Waals surface area contributed by atoms with Gasteiger partial charge in [0, 0.05) is 29.1 Å². The van der Waals surface area contributed by atoms with Gasteiger partial charge in [0.25, 0.3) is 5.91 Å². The summed E-state index contributed by atoms with van der Waals surface area (Å²) >= 11 is 4.84. The van der Waals surface area contributed by atoms with Crippen LogP contribution in [-0.4, -0.2) is 17.0 Å². The Morgan fingerprint density at radius 1 is 1.62 bits per heavy atom. The number of nitrogens with one attached hydrogen (secondary N) is 2. The second-order valence-corrected chi connectivity index (χ2v) is 6.88. The SMILES string of the molecule is Cn1cc(Br)cc1C(=O)Nc1sc2c(c1C#N)CCNC2. The first-order valence-corrected chi connectivity index (χ1v) is 8.09. The molecule has 2 aromatic rings. The largest absolute Gasteiger partial charge is 0.345 e. The van der Waals surface area contributed by atoms with Crippen molar-refractivity contribution in [1.82, 2.24) is 9.88 Å². The number of fused-ring (bicyclic) bond motifs is 1. The van der Waals surface area contributed by atoms with E-state index in [-0.39, 0.29) is 5.91 Å². The van der Waals surface area contributed by atoms with Crippen LogP contribution in [0, 0.1) is 11.3 Å². The Kier molecular flexibility index (Phi) is 3.85. The molecule has 0 fully saturated rings. The van der Waals surface area contributed by atoms with Crippen molar-refractivity contribution in [2.75, 3.05) is 11.9 Å². The minimum absolute atomic E-state index is 0.203. The molecule has 0 atom stereocenters. The molecule has 5 nitrogen and oxygen atoms in total. The molecule has 0 spiro atoms. The molecule has 1 aliphatic rings. The van der Waals surface area contributed by atoms with Crippen molar-refractivity contribution in [2.24, 2.45) is 7.05 Å². The molecule has 7 heteroatoms. The van der Waals surface area contributed by atoms with Crippen molar-refractivity contribution in [1.29, 1.82) is 5.26 Å². The van der Waals surface area contributed by atoms with E-state index in [1.165, 1.54) is 11.3 Å². The van der Waals surface area contributed by atoms with Gasteiger partial charge in [0.1, 0.15) is 16.8 Å². The lowest BCUT2D eigenvalue weighted by molar-refractivity contribution is 0.101. The van der Waals surface area contributed by atoms with Crippen LogP contribution in [-0.2, 0) is 20.0 Å². The fourth-order valence-electron chi connectivity index (χ4n) is 2.46. The Hall–Kier alpha value is -1.62. The molecule has 1 amide bonds. The number of carbonyl (C=O) groups excluding carboxylic acids is 1. The average molecular weight is 365 g/mol. The lowest BCUT2D eigenvalue weighted by atomic mass is 10.1. The van der Waals surface area contributed by atoms with Gasteiger partial charge in [-0.25, -0.2) is 0 Å². The van der Waals surface area contributed by atoms with E-state index in [4.69, 9.17) is 0 Å². The predicted octanol–water partition coefficient (Wildman–Crippen LogP) is 2.62. The maximum absolute atomic E-state index is 12.4. The number of nitriles is 1. The maximum Gasteiger partial charge on any atom is 0.272 e. The highest BCUT2D eigenvalue weighted by Gasteiger charge is 2.22. The van der Waals surface area contributed by atoms with E-state index in [0.717, 1.165) is 34.4 Å². The summed E-state index contributed by atoms with van der Waals surface area (Å²) in [4.78, 5) is 13.5. The molecular formula is C14H13BrN4OS. The zero-order chi connectivity index (χ0) is 15.0. The number of amides is 1. The summed E-state index contributed by atoms with van der Waals surface area (Å²) in [5, 5.41) is 16.2. The van der Waals surface area contributed by atoms with Crippen molar-refractivity contribution in [3.8, 4) is 6.07 Å². The molecule has 0 aromatic carbocycles. The molecule has 0 unspecified atom stereocenters. The third-order valence-electron chi connectivity index (χ3n) is 3.47. The second kappa shape index (κ2) is 5.64. The first kappa shape index (κ1) is 14.3. The van der Waals surface area contributed by atoms with Crippen molar-refractivity contribution in [3.63, 3.8) is 0 Å². The van der Waals surface area contributed by atoms with Crippen LogP contribution >= 0.6 is 27.3 Å². The van der Waals surface area contributed by atoms with E-state index < -0.39 is 0 Å². The van der Waals surface area contributed by atoms with Gasteiger partial charge in [0.15, 0.2) is 0 Å². The molecule has 21 heavy (non-hydrogen) atoms. The Balaban J connectivity index is 1.92. The van der Waals surface area contributed by atoms with E-state index >= 15 is 0 Å². The van der Waals surface area contributed by atoms with E-state index in [1.807, 2.05) is 13.2 Å². The van der Waals surface area contributed by atoms with Gasteiger partial charge >= 0.3 is 0 Å². The fraction of sp³-hybridized carbons (Fsp3) is 0.286. The molecule has 2 aromatic heterocycles. The molecule has 0 saturated carbocycles. The van der Waals surface area contributed by atoms with Gasteiger partial charge in [-0.15, -0.1) is 11.3 Å². The lowest BCUT2D eigenvalue weighted by Crippen LogP contribution is -2.22. The second-order valence-electron chi connectivity index (χ2n) is 4.86. The van der Waals surface area contributed by atoms with Gasteiger partial charge in [0.2, 0.25) is 0 Å². The smallest absolute Gasteiger partial charge is 0.272 e. The Morgan fingerprint density at radius 3 is 3.10 bits per heavy atom. The Labute approximate surface area is 134 Å². The van der Waals surface area contributed by atoms with Gasteiger partial charge < -0.3 is 15.2 Å². The number of anilines is 1. The van der Waals surface area contributed by atoms with Crippen LogP contribution in [0.15, 0.2) is 16.7 Å². The van der Waals surface area contributed by atoms with Crippen molar-refractivity contribution >= 4 is 38.2 Å². The molecule has 108 valence electrons. The van der Waals surface area contributed by atoms with Gasteiger partial charge in [-0.3, -0.25) is 4.79 Å². The summed E-state index contributed by atoms with van der Waals surface area (Å²) in [6.07, 6.45) is 2.66. The van der Waals surface area contributed by atoms with Crippen molar-refractivity contribution in [2.45, 2.75) is 13.0 Å². The van der Waals surface area contributed by atoms with E-state index in [9.17, 15) is 10.1 Å². The zero-order valence-electron chi connectivity index (χ0n) is 11.4. The highest BCUT2D eigenvalue weighted by atomic mass is 79.9. The highest BCUT2D eigenvalue weighted by Crippen LogP contribution is 2.35. The van der Waals surface area contributed by atoms with Crippen LogP contribution in [0.2, 0.25) is 0 Å². The van der Waals surface area contributed by atoms with E-state index in [0.29, 0.717) is 16.3 Å². The number of hydrogen-bond donors (Lipinski definition) is 2. The average Bonchev–Trinajstić information content (AvgIpc) is 2.97. The molecule has 0 aliphatic carbocycles. The minimum atomic E-state index is -0.203. The minimum Gasteiger partial charge on any atom is -0.345 e. The first-order valence-electron chi connectivity index (χ1n) is 6.48. The van der Waals surface area contributed by atoms with Gasteiger partial charge in [-0.05, 0) is 40.5 Å². The number of thiophene rings is 1. The molecule has 2 N–H and O–H groups in total. The normalized spacial score (nSPS) is 13.6. The molecule has 0 bridgehead atoms. The van der Waals surface area contributed by atoms with Crippen LogP contribution in [0.3, 0.4) is 0 Å². The number of rotatable bonds is 2. The predicted molar refractivity (Wildman–Crippen MR) is 85.5 cm³/mol. The molecule has 3 heterocycles. The van der Waals surface area contributed by atoms with Crippen molar-refractivity contribution < 1.29 is 4.79 Å². The third kappa shape index (κ3) is 2.62. The van der Waals surface area contributed by atoms with E-state index in [1.54, 1.807) is 10.6 Å². The number of nitrogens with zero attached hydrogens (tertiary/aromatic N) is 2. The number of aryl methyl sites for hydroxylation is 1. The van der Waals surface area contributed by atoms with Crippen LogP contribution in [0.1, 0.15) is 26.5 Å². The van der Waals surface area contributed by atoms with Crippen LogP contribution in [0.25, 0.3) is 0 Å². The monoisotopic (exact) mass is 364 g/mol. The molecule has 1 aliphatic heterocycles. The van der Waals surface area contributed by atoms with Gasteiger partial charge in [0.05, 0.1) is 5.56 Å². The van der Waals surface area contributed by atoms with Crippen LogP contribution in [0.5, 0.6) is 0 Å². The van der Waals surface area contributed by atoms with Crippen LogP contribution < -0.4 is 10.6 Å². The summed E-state index contributed by atoms with van der Waals surface area (Å²) in [6.45, 7) is 1.64. The fourth-order valence-corrected chi connectivity index (χ4v) is 4.14. The summed E-state index contributed by atoms with van der Waals surface area (Å²) in [5.41, 5.74) is 2.23. The van der Waals surface area contributed by atoms with E-state index in [2.05, 4.69) is 32.6 Å². The number of halogens is 1. The standard InChI is InChI=1S/C14H13BrN4OS/c1-19-7-8(15)4-11(19)13(20)18-14-10(5-16)9-2-3-17-6-12(9)21-14/h4,7,17H,2-3,6H2,1H3,(H,18,20).